The van der Waals surface area contributed by atoms with Crippen LogP contribution in [-0.4, -0.2) is 81.9 Å². The second kappa shape index (κ2) is 12.8. The van der Waals surface area contributed by atoms with Crippen molar-refractivity contribution in [3.63, 3.8) is 0 Å². The molecule has 9 heteroatoms. The van der Waals surface area contributed by atoms with Gasteiger partial charge in [-0.2, -0.15) is 0 Å². The molecule has 2 N–H and O–H groups in total. The van der Waals surface area contributed by atoms with Crippen LogP contribution >= 0.6 is 11.6 Å². The number of esters is 1. The molecule has 8 nitrogen and oxygen atoms in total. The highest BCUT2D eigenvalue weighted by Crippen LogP contribution is 2.38. The van der Waals surface area contributed by atoms with E-state index in [-0.39, 0.29) is 37.1 Å². The van der Waals surface area contributed by atoms with Gasteiger partial charge in [-0.25, -0.2) is 4.98 Å². The van der Waals surface area contributed by atoms with Gasteiger partial charge in [0.05, 0.1) is 16.5 Å². The Morgan fingerprint density at radius 1 is 1.00 bits per heavy atom. The number of aromatic nitrogens is 1. The predicted octanol–water partition coefficient (Wildman–Crippen LogP) is 3.30. The van der Waals surface area contributed by atoms with Gasteiger partial charge in [-0.3, -0.25) is 14.5 Å². The molecule has 37 heavy (non-hydrogen) atoms. The topological polar surface area (TPSA) is 103 Å². The summed E-state index contributed by atoms with van der Waals surface area (Å²) < 4.78 is 5.57. The molecule has 1 amide bonds. The van der Waals surface area contributed by atoms with Crippen LogP contribution in [0.1, 0.15) is 54.6 Å². The lowest BCUT2D eigenvalue weighted by Gasteiger charge is -2.40. The standard InChI is InChI=1S/C28H36ClN3O5/c29-22-8-9-23(30-18-22)26(35)32-14-5-4-11-28(27(36)37-20-25(34)24(33)10-15-32)12-16-31(17-13-28)19-21-6-2-1-3-7-21/h1-3,6-9,18,24-25,33-34H,4-5,10-17,19-20H2/t24-,25+/m0/s1. The van der Waals surface area contributed by atoms with Crippen LogP contribution in [0.4, 0.5) is 0 Å². The Balaban J connectivity index is 1.43. The minimum absolute atomic E-state index is 0.164. The number of carbonyl (C=O) groups excluding carboxylic acids is 2. The molecule has 2 aliphatic heterocycles. The molecule has 1 aromatic carbocycles. The number of pyridine rings is 1. The number of aliphatic hydroxyl groups is 2. The van der Waals surface area contributed by atoms with E-state index in [1.54, 1.807) is 17.0 Å². The van der Waals surface area contributed by atoms with E-state index >= 15 is 0 Å². The largest absolute Gasteiger partial charge is 0.462 e. The summed E-state index contributed by atoms with van der Waals surface area (Å²) in [4.78, 5) is 34.5. The SMILES string of the molecule is O=C(c1ccc(Cl)cn1)N1CCCCC2(CCN(Cc3ccccc3)CC2)C(=O)OC[C@@H](O)[C@@H](O)CC1. The van der Waals surface area contributed by atoms with Crippen molar-refractivity contribution in [1.29, 1.82) is 0 Å². The van der Waals surface area contributed by atoms with Gasteiger partial charge in [0.25, 0.3) is 5.91 Å². The molecule has 2 aromatic rings. The average Bonchev–Trinajstić information content (AvgIpc) is 2.92. The van der Waals surface area contributed by atoms with Crippen LogP contribution in [0, 0.1) is 5.41 Å². The number of amides is 1. The van der Waals surface area contributed by atoms with Crippen molar-refractivity contribution >= 4 is 23.5 Å². The van der Waals surface area contributed by atoms with Gasteiger partial charge in [-0.1, -0.05) is 48.4 Å². The van der Waals surface area contributed by atoms with Gasteiger partial charge in [-0.05, 0) is 62.9 Å². The van der Waals surface area contributed by atoms with E-state index in [1.165, 1.54) is 11.8 Å². The van der Waals surface area contributed by atoms with Crippen LogP contribution in [0.3, 0.4) is 0 Å². The first kappa shape index (κ1) is 27.5. The summed E-state index contributed by atoms with van der Waals surface area (Å²) in [7, 11) is 0. The summed E-state index contributed by atoms with van der Waals surface area (Å²) >= 11 is 5.92. The average molecular weight is 530 g/mol. The lowest BCUT2D eigenvalue weighted by molar-refractivity contribution is -0.165. The summed E-state index contributed by atoms with van der Waals surface area (Å²) in [6.07, 6.45) is 2.74. The maximum absolute atomic E-state index is 13.3. The number of ether oxygens (including phenoxy) is 1. The van der Waals surface area contributed by atoms with Crippen molar-refractivity contribution < 1.29 is 24.5 Å². The van der Waals surface area contributed by atoms with Gasteiger partial charge in [0.1, 0.15) is 18.4 Å². The summed E-state index contributed by atoms with van der Waals surface area (Å²) in [5.41, 5.74) is 0.899. The molecule has 1 spiro atoms. The summed E-state index contributed by atoms with van der Waals surface area (Å²) in [5.74, 6) is -0.542. The smallest absolute Gasteiger partial charge is 0.312 e. The zero-order valence-corrected chi connectivity index (χ0v) is 21.9. The van der Waals surface area contributed by atoms with Crippen LogP contribution < -0.4 is 0 Å². The highest BCUT2D eigenvalue weighted by molar-refractivity contribution is 6.30. The molecule has 2 atom stereocenters. The Bertz CT molecular complexity index is 1030. The fourth-order valence-electron chi connectivity index (χ4n) is 5.19. The van der Waals surface area contributed by atoms with Crippen molar-refractivity contribution in [3.8, 4) is 0 Å². The molecule has 200 valence electrons. The Morgan fingerprint density at radius 3 is 2.46 bits per heavy atom. The van der Waals surface area contributed by atoms with E-state index < -0.39 is 17.6 Å². The lowest BCUT2D eigenvalue weighted by atomic mass is 9.74. The minimum atomic E-state index is -1.22. The van der Waals surface area contributed by atoms with Crippen LogP contribution in [0.15, 0.2) is 48.7 Å². The van der Waals surface area contributed by atoms with E-state index in [0.717, 1.165) is 26.1 Å². The Hall–Kier alpha value is -2.52. The zero-order valence-electron chi connectivity index (χ0n) is 21.1. The van der Waals surface area contributed by atoms with E-state index in [0.29, 0.717) is 37.3 Å². The molecule has 2 saturated heterocycles. The van der Waals surface area contributed by atoms with Crippen LogP contribution in [0.2, 0.25) is 5.02 Å². The van der Waals surface area contributed by atoms with Gasteiger partial charge in [0, 0.05) is 25.8 Å². The number of hydrogen-bond donors (Lipinski definition) is 2. The van der Waals surface area contributed by atoms with Crippen molar-refractivity contribution in [1.82, 2.24) is 14.8 Å². The Kier molecular flexibility index (Phi) is 9.54. The summed E-state index contributed by atoms with van der Waals surface area (Å²) in [6, 6.07) is 13.5. The summed E-state index contributed by atoms with van der Waals surface area (Å²) in [5, 5.41) is 21.4. The van der Waals surface area contributed by atoms with E-state index in [9.17, 15) is 19.8 Å². The van der Waals surface area contributed by atoms with E-state index in [1.807, 2.05) is 18.2 Å². The van der Waals surface area contributed by atoms with Gasteiger partial charge < -0.3 is 19.8 Å². The molecule has 2 aliphatic rings. The zero-order chi connectivity index (χ0) is 26.3. The van der Waals surface area contributed by atoms with Crippen molar-refractivity contribution in [2.45, 2.75) is 57.3 Å². The molecular weight excluding hydrogens is 494 g/mol. The molecule has 3 heterocycles. The first-order valence-corrected chi connectivity index (χ1v) is 13.4. The third kappa shape index (κ3) is 7.29. The number of piperidine rings is 1. The first-order chi connectivity index (χ1) is 17.9. The van der Waals surface area contributed by atoms with E-state index in [4.69, 9.17) is 16.3 Å². The number of hydrogen-bond acceptors (Lipinski definition) is 7. The molecule has 0 aliphatic carbocycles. The Labute approximate surface area is 223 Å². The number of likely N-dealkylation sites (tertiary alicyclic amines) is 1. The Morgan fingerprint density at radius 2 is 1.76 bits per heavy atom. The first-order valence-electron chi connectivity index (χ1n) is 13.1. The van der Waals surface area contributed by atoms with Crippen molar-refractivity contribution in [3.05, 3.63) is 64.9 Å². The third-order valence-corrected chi connectivity index (χ3v) is 7.81. The van der Waals surface area contributed by atoms with E-state index in [2.05, 4.69) is 22.0 Å². The molecule has 4 rings (SSSR count). The number of rotatable bonds is 3. The van der Waals surface area contributed by atoms with Gasteiger partial charge in [0.15, 0.2) is 0 Å². The molecule has 0 bridgehead atoms. The maximum atomic E-state index is 13.3. The molecule has 0 unspecified atom stereocenters. The number of aliphatic hydroxyl groups excluding tert-OH is 2. The summed E-state index contributed by atoms with van der Waals surface area (Å²) in [6.45, 7) is 2.87. The maximum Gasteiger partial charge on any atom is 0.312 e. The molecule has 0 radical (unpaired) electrons. The predicted molar refractivity (Wildman–Crippen MR) is 140 cm³/mol. The monoisotopic (exact) mass is 529 g/mol. The fourth-order valence-corrected chi connectivity index (χ4v) is 5.30. The van der Waals surface area contributed by atoms with Gasteiger partial charge >= 0.3 is 5.97 Å². The number of cyclic esters (lactones) is 1. The van der Waals surface area contributed by atoms with Crippen molar-refractivity contribution in [2.75, 3.05) is 32.8 Å². The molecular formula is C28H36ClN3O5. The lowest BCUT2D eigenvalue weighted by Crippen LogP contribution is -2.45. The fraction of sp³-hybridized carbons (Fsp3) is 0.536. The number of halogens is 1. The number of carbonyl (C=O) groups is 2. The van der Waals surface area contributed by atoms with Crippen LogP contribution in [-0.2, 0) is 16.1 Å². The highest BCUT2D eigenvalue weighted by atomic mass is 35.5. The normalized spacial score (nSPS) is 24.0. The van der Waals surface area contributed by atoms with Gasteiger partial charge in [-0.15, -0.1) is 0 Å². The number of nitrogens with zero attached hydrogens (tertiary/aromatic N) is 3. The quantitative estimate of drug-likeness (QED) is 0.588. The van der Waals surface area contributed by atoms with Crippen LogP contribution in [0.5, 0.6) is 0 Å². The number of benzene rings is 1. The van der Waals surface area contributed by atoms with Crippen molar-refractivity contribution in [2.24, 2.45) is 5.41 Å². The van der Waals surface area contributed by atoms with Gasteiger partial charge in [0.2, 0.25) is 0 Å². The minimum Gasteiger partial charge on any atom is -0.462 e. The van der Waals surface area contributed by atoms with Crippen LogP contribution in [0.25, 0.3) is 0 Å². The molecule has 0 saturated carbocycles. The molecule has 2 fully saturated rings. The second-order valence-corrected chi connectivity index (χ2v) is 10.6. The molecule has 1 aromatic heterocycles. The third-order valence-electron chi connectivity index (χ3n) is 7.59. The highest BCUT2D eigenvalue weighted by Gasteiger charge is 2.42. The second-order valence-electron chi connectivity index (χ2n) is 10.2.